The molecule has 0 aliphatic carbocycles. The van der Waals surface area contributed by atoms with E-state index in [0.717, 1.165) is 4.31 Å². The molecule has 9 nitrogen and oxygen atoms in total. The number of nitrogens with zero attached hydrogens (tertiary/aromatic N) is 4. The number of pyridine rings is 1. The van der Waals surface area contributed by atoms with Crippen LogP contribution in [-0.4, -0.2) is 55.6 Å². The van der Waals surface area contributed by atoms with Crippen molar-refractivity contribution in [1.82, 2.24) is 14.2 Å². The van der Waals surface area contributed by atoms with Crippen LogP contribution in [0.5, 0.6) is 5.75 Å². The van der Waals surface area contributed by atoms with Crippen molar-refractivity contribution in [3.63, 3.8) is 0 Å². The van der Waals surface area contributed by atoms with E-state index in [4.69, 9.17) is 9.92 Å². The Bertz CT molecular complexity index is 1400. The summed E-state index contributed by atoms with van der Waals surface area (Å²) in [5, 5.41) is 0. The summed E-state index contributed by atoms with van der Waals surface area (Å²) in [5.41, 5.74) is 5.73. The van der Waals surface area contributed by atoms with Crippen molar-refractivity contribution >= 4 is 22.2 Å². The second-order valence-electron chi connectivity index (χ2n) is 7.83. The summed E-state index contributed by atoms with van der Waals surface area (Å²) in [6.45, 7) is 0. The van der Waals surface area contributed by atoms with Crippen LogP contribution in [0.2, 0.25) is 0 Å². The van der Waals surface area contributed by atoms with Gasteiger partial charge in [0.15, 0.2) is 11.5 Å². The molecule has 0 saturated heterocycles. The Morgan fingerprint density at radius 3 is 2.44 bits per heavy atom. The summed E-state index contributed by atoms with van der Waals surface area (Å²) < 4.78 is 45.3. The summed E-state index contributed by atoms with van der Waals surface area (Å²) in [7, 11) is 0.105. The average molecular weight is 484 g/mol. The van der Waals surface area contributed by atoms with Gasteiger partial charge in [-0.05, 0) is 41.5 Å². The molecule has 1 aromatic heterocycles. The molecule has 2 N–H and O–H groups in total. The van der Waals surface area contributed by atoms with Crippen LogP contribution < -0.4 is 9.92 Å². The van der Waals surface area contributed by atoms with Gasteiger partial charge in [0.1, 0.15) is 11.6 Å². The van der Waals surface area contributed by atoms with E-state index in [0.29, 0.717) is 16.7 Å². The van der Waals surface area contributed by atoms with Crippen LogP contribution in [0, 0.1) is 5.82 Å². The Balaban J connectivity index is 1.92. The maximum Gasteiger partial charge on any atom is 0.384 e. The second kappa shape index (κ2) is 8.50. The minimum atomic E-state index is -4.04. The number of benzene rings is 2. The van der Waals surface area contributed by atoms with E-state index in [-0.39, 0.29) is 17.3 Å². The molecule has 0 bridgehead atoms. The van der Waals surface area contributed by atoms with Crippen LogP contribution in [0.15, 0.2) is 72.0 Å². The predicted molar refractivity (Wildman–Crippen MR) is 124 cm³/mol. The Morgan fingerprint density at radius 1 is 1.09 bits per heavy atom. The number of aliphatic imine (C=N–C) groups is 1. The van der Waals surface area contributed by atoms with Crippen molar-refractivity contribution in [3.8, 4) is 16.9 Å². The Hall–Kier alpha value is -3.83. The molecule has 2 heterocycles. The number of nitrogens with two attached hydrogens (primary N) is 1. The van der Waals surface area contributed by atoms with E-state index >= 15 is 0 Å². The zero-order valence-electron chi connectivity index (χ0n) is 18.6. The molecule has 11 heteroatoms. The van der Waals surface area contributed by atoms with Crippen LogP contribution in [0.1, 0.15) is 11.1 Å². The molecule has 0 saturated carbocycles. The fourth-order valence-corrected chi connectivity index (χ4v) is 4.14. The highest BCUT2D eigenvalue weighted by Gasteiger charge is 2.50. The van der Waals surface area contributed by atoms with Gasteiger partial charge in [0.25, 0.3) is 5.91 Å². The standard InChI is InChI=1S/C23H22FN5O4S/c1-28(2)34(31,32)33-18-8-4-7-16(12-18)23(21(30)29(3)22(25)27-23)17-9-10-20(24)19(13-17)15-6-5-11-26-14-15/h4-14H,1-3H3,(H2,25,27). The van der Waals surface area contributed by atoms with Crippen LogP contribution in [0.25, 0.3) is 11.1 Å². The smallest absolute Gasteiger partial charge is 0.371 e. The van der Waals surface area contributed by atoms with Crippen LogP contribution in [0.4, 0.5) is 4.39 Å². The van der Waals surface area contributed by atoms with Crippen molar-refractivity contribution in [2.24, 2.45) is 10.7 Å². The lowest BCUT2D eigenvalue weighted by Crippen LogP contribution is -2.41. The van der Waals surface area contributed by atoms with E-state index in [9.17, 15) is 17.6 Å². The first-order valence-corrected chi connectivity index (χ1v) is 11.5. The van der Waals surface area contributed by atoms with E-state index in [2.05, 4.69) is 9.98 Å². The van der Waals surface area contributed by atoms with Gasteiger partial charge >= 0.3 is 10.3 Å². The quantitative estimate of drug-likeness (QED) is 0.574. The fraction of sp³-hybridized carbons (Fsp3) is 0.174. The van der Waals surface area contributed by atoms with Crippen LogP contribution >= 0.6 is 0 Å². The molecule has 1 atom stereocenters. The molecule has 176 valence electrons. The maximum atomic E-state index is 14.8. The molecule has 0 radical (unpaired) electrons. The molecular formula is C23H22FN5O4S. The number of hydrogen-bond acceptors (Lipinski definition) is 7. The molecule has 2 aromatic carbocycles. The molecule has 1 aliphatic heterocycles. The van der Waals surface area contributed by atoms with E-state index in [1.165, 1.54) is 62.6 Å². The van der Waals surface area contributed by atoms with Gasteiger partial charge in [-0.25, -0.2) is 9.38 Å². The highest BCUT2D eigenvalue weighted by Crippen LogP contribution is 2.42. The van der Waals surface area contributed by atoms with Crippen molar-refractivity contribution in [2.75, 3.05) is 21.1 Å². The third kappa shape index (κ3) is 3.88. The zero-order chi connectivity index (χ0) is 24.7. The van der Waals surface area contributed by atoms with Gasteiger partial charge in [0.05, 0.1) is 0 Å². The normalized spacial score (nSPS) is 18.3. The second-order valence-corrected chi connectivity index (χ2v) is 9.58. The number of hydrogen-bond donors (Lipinski definition) is 1. The van der Waals surface area contributed by atoms with Gasteiger partial charge in [-0.2, -0.15) is 12.7 Å². The predicted octanol–water partition coefficient (Wildman–Crippen LogP) is 2.10. The van der Waals surface area contributed by atoms with Crippen LogP contribution in [-0.2, 0) is 20.6 Å². The van der Waals surface area contributed by atoms with Gasteiger partial charge < -0.3 is 9.92 Å². The molecular weight excluding hydrogens is 461 g/mol. The zero-order valence-corrected chi connectivity index (χ0v) is 19.5. The number of likely N-dealkylation sites (N-methyl/N-ethyl adjacent to an activating group) is 1. The van der Waals surface area contributed by atoms with E-state index in [1.54, 1.807) is 30.5 Å². The summed E-state index contributed by atoms with van der Waals surface area (Å²) in [6.07, 6.45) is 3.08. The topological polar surface area (TPSA) is 118 Å². The van der Waals surface area contributed by atoms with Gasteiger partial charge in [0.2, 0.25) is 0 Å². The SMILES string of the molecule is CN1C(=O)C(c2cccc(OS(=O)(=O)N(C)C)c2)(c2ccc(F)c(-c3cccnc3)c2)N=C1N. The Kier molecular flexibility index (Phi) is 5.84. The number of amides is 1. The monoisotopic (exact) mass is 483 g/mol. The number of aromatic nitrogens is 1. The largest absolute Gasteiger partial charge is 0.384 e. The minimum Gasteiger partial charge on any atom is -0.371 e. The minimum absolute atomic E-state index is 0.0173. The molecule has 1 unspecified atom stereocenters. The lowest BCUT2D eigenvalue weighted by molar-refractivity contribution is -0.129. The number of halogens is 1. The Labute approximate surface area is 196 Å². The summed E-state index contributed by atoms with van der Waals surface area (Å²) in [4.78, 5) is 23.2. The summed E-state index contributed by atoms with van der Waals surface area (Å²) >= 11 is 0. The van der Waals surface area contributed by atoms with Gasteiger partial charge in [0, 0.05) is 44.7 Å². The average Bonchev–Trinajstić information content (AvgIpc) is 3.04. The number of carbonyl (C=O) groups is 1. The molecule has 0 spiro atoms. The fourth-order valence-electron chi connectivity index (χ4n) is 3.65. The van der Waals surface area contributed by atoms with E-state index in [1.807, 2.05) is 0 Å². The first kappa shape index (κ1) is 23.3. The maximum absolute atomic E-state index is 14.8. The lowest BCUT2D eigenvalue weighted by Gasteiger charge is -2.27. The van der Waals surface area contributed by atoms with Crippen LogP contribution in [0.3, 0.4) is 0 Å². The number of rotatable bonds is 6. The lowest BCUT2D eigenvalue weighted by atomic mass is 9.81. The molecule has 1 amide bonds. The number of guanidine groups is 1. The summed E-state index contributed by atoms with van der Waals surface area (Å²) in [5.74, 6) is -1.04. The third-order valence-corrected chi connectivity index (χ3v) is 6.79. The molecule has 1 aliphatic rings. The highest BCUT2D eigenvalue weighted by molar-refractivity contribution is 7.84. The molecule has 34 heavy (non-hydrogen) atoms. The van der Waals surface area contributed by atoms with Gasteiger partial charge in [-0.15, -0.1) is 0 Å². The van der Waals surface area contributed by atoms with Crippen molar-refractivity contribution in [3.05, 3.63) is 83.9 Å². The van der Waals surface area contributed by atoms with E-state index < -0.39 is 27.6 Å². The molecule has 3 aromatic rings. The van der Waals surface area contributed by atoms with Crippen molar-refractivity contribution in [2.45, 2.75) is 5.54 Å². The molecule has 4 rings (SSSR count). The van der Waals surface area contributed by atoms with Gasteiger partial charge in [-0.1, -0.05) is 24.3 Å². The van der Waals surface area contributed by atoms with Crippen molar-refractivity contribution in [1.29, 1.82) is 0 Å². The Morgan fingerprint density at radius 2 is 1.82 bits per heavy atom. The highest BCUT2D eigenvalue weighted by atomic mass is 32.2. The molecule has 0 fully saturated rings. The third-order valence-electron chi connectivity index (χ3n) is 5.50. The first-order valence-electron chi connectivity index (χ1n) is 10.1. The first-order chi connectivity index (χ1) is 16.1. The van der Waals surface area contributed by atoms with Gasteiger partial charge in [-0.3, -0.25) is 14.7 Å². The number of carbonyl (C=O) groups excluding carboxylic acids is 1. The van der Waals surface area contributed by atoms with Crippen molar-refractivity contribution < 1.29 is 21.8 Å². The summed E-state index contributed by atoms with van der Waals surface area (Å²) in [6, 6.07) is 13.6.